The molecule has 8 nitrogen and oxygen atoms in total. The van der Waals surface area contributed by atoms with Crippen molar-refractivity contribution in [3.05, 3.63) is 36.3 Å². The van der Waals surface area contributed by atoms with Crippen LogP contribution in [0, 0.1) is 5.41 Å². The molecular formula is C24H32N4O4. The zero-order chi connectivity index (χ0) is 22.9. The molecule has 2 atom stereocenters. The first-order valence-electron chi connectivity index (χ1n) is 11.2. The number of aromatic nitrogens is 3. The second kappa shape index (κ2) is 9.03. The van der Waals surface area contributed by atoms with Crippen LogP contribution in [0.25, 0.3) is 21.9 Å². The number of rotatable bonds is 5. The Balaban J connectivity index is 1.64. The number of nitrogens with zero attached hydrogens (tertiary/aromatic N) is 4. The number of carbonyl (C=O) groups is 1. The van der Waals surface area contributed by atoms with Crippen molar-refractivity contribution < 1.29 is 19.4 Å². The molecule has 1 N–H and O–H groups in total. The molecule has 2 unspecified atom stereocenters. The third-order valence-corrected chi connectivity index (χ3v) is 6.12. The predicted octanol–water partition coefficient (Wildman–Crippen LogP) is 4.09. The number of carbonyl (C=O) groups excluding carboxylic acids is 1. The molecule has 1 saturated heterocycles. The lowest BCUT2D eigenvalue weighted by Gasteiger charge is -2.44. The number of aliphatic hydroxyl groups is 1. The highest BCUT2D eigenvalue weighted by Crippen LogP contribution is 2.33. The average molecular weight is 441 g/mol. The molecule has 32 heavy (non-hydrogen) atoms. The van der Waals surface area contributed by atoms with E-state index in [1.165, 1.54) is 0 Å². The van der Waals surface area contributed by atoms with E-state index in [0.717, 1.165) is 21.9 Å². The summed E-state index contributed by atoms with van der Waals surface area (Å²) in [6.45, 7) is 9.56. The van der Waals surface area contributed by atoms with Gasteiger partial charge in [0, 0.05) is 24.6 Å². The Bertz CT molecular complexity index is 1100. The van der Waals surface area contributed by atoms with Crippen molar-refractivity contribution in [3.8, 4) is 0 Å². The molecule has 1 aliphatic rings. The summed E-state index contributed by atoms with van der Waals surface area (Å²) in [7, 11) is 0. The number of hydrogen-bond acceptors (Lipinski definition) is 6. The number of hydrogen-bond donors (Lipinski definition) is 1. The number of imidazole rings is 1. The van der Waals surface area contributed by atoms with E-state index in [4.69, 9.17) is 14.5 Å². The van der Waals surface area contributed by atoms with Crippen LogP contribution in [0.2, 0.25) is 0 Å². The molecule has 1 aliphatic heterocycles. The van der Waals surface area contributed by atoms with Gasteiger partial charge in [0.15, 0.2) is 6.73 Å². The van der Waals surface area contributed by atoms with Crippen molar-refractivity contribution in [1.82, 2.24) is 19.4 Å². The number of likely N-dealkylation sites (tertiary alicyclic amines) is 1. The van der Waals surface area contributed by atoms with Gasteiger partial charge in [0.2, 0.25) is 0 Å². The van der Waals surface area contributed by atoms with Crippen LogP contribution in [0.15, 0.2) is 30.5 Å². The van der Waals surface area contributed by atoms with Gasteiger partial charge in [0.25, 0.3) is 0 Å². The normalized spacial score (nSPS) is 19.6. The minimum Gasteiger partial charge on any atom is -0.428 e. The summed E-state index contributed by atoms with van der Waals surface area (Å²) in [6.07, 6.45) is 2.09. The van der Waals surface area contributed by atoms with Crippen LogP contribution in [0.5, 0.6) is 0 Å². The van der Waals surface area contributed by atoms with Crippen LogP contribution in [0.3, 0.4) is 0 Å². The first-order chi connectivity index (χ1) is 15.3. The summed E-state index contributed by atoms with van der Waals surface area (Å²) in [5, 5.41) is 11.1. The molecule has 0 aliphatic carbocycles. The third kappa shape index (κ3) is 4.42. The molecule has 0 bridgehead atoms. The molecule has 1 aromatic carbocycles. The molecule has 4 rings (SSSR count). The van der Waals surface area contributed by atoms with E-state index in [1.54, 1.807) is 11.1 Å². The molecule has 8 heteroatoms. The molecule has 172 valence electrons. The Labute approximate surface area is 188 Å². The van der Waals surface area contributed by atoms with Crippen molar-refractivity contribution in [1.29, 1.82) is 0 Å². The fraction of sp³-hybridized carbons (Fsp3) is 0.542. The molecule has 3 aromatic rings. The highest BCUT2D eigenvalue weighted by Gasteiger charge is 2.39. The van der Waals surface area contributed by atoms with Crippen LogP contribution in [0.4, 0.5) is 4.79 Å². The van der Waals surface area contributed by atoms with Crippen LogP contribution in [-0.4, -0.2) is 55.9 Å². The lowest BCUT2D eigenvalue weighted by Crippen LogP contribution is -2.53. The number of amides is 1. The predicted molar refractivity (Wildman–Crippen MR) is 122 cm³/mol. The standard InChI is InChI=1S/C24H32N4O4/c1-5-31-14-21-26-19-13-25-18-9-7-6-8-17(18)22(19)28(21)15-32-23(30)27-11-10-16(29)12-20(27)24(2,3)4/h6-9,13,16,20,29H,5,10-12,14-15H2,1-4H3. The molecule has 0 radical (unpaired) electrons. The molecule has 0 spiro atoms. The Morgan fingerprint density at radius 1 is 1.25 bits per heavy atom. The number of aliphatic hydroxyl groups excluding tert-OH is 1. The Morgan fingerprint density at radius 2 is 2.03 bits per heavy atom. The van der Waals surface area contributed by atoms with E-state index in [9.17, 15) is 9.90 Å². The topological polar surface area (TPSA) is 89.7 Å². The van der Waals surface area contributed by atoms with Gasteiger partial charge in [-0.1, -0.05) is 39.0 Å². The Hall–Kier alpha value is -2.71. The van der Waals surface area contributed by atoms with Gasteiger partial charge in [0.1, 0.15) is 17.9 Å². The Kier molecular flexibility index (Phi) is 6.35. The van der Waals surface area contributed by atoms with Gasteiger partial charge in [-0.05, 0) is 31.2 Å². The molecule has 0 saturated carbocycles. The fourth-order valence-electron chi connectivity index (χ4n) is 4.44. The number of ether oxygens (including phenoxy) is 2. The second-order valence-corrected chi connectivity index (χ2v) is 9.40. The molecule has 3 heterocycles. The maximum absolute atomic E-state index is 13.1. The third-order valence-electron chi connectivity index (χ3n) is 6.12. The van der Waals surface area contributed by atoms with Crippen molar-refractivity contribution >= 4 is 28.0 Å². The Morgan fingerprint density at radius 3 is 2.78 bits per heavy atom. The summed E-state index contributed by atoms with van der Waals surface area (Å²) in [6, 6.07) is 7.76. The smallest absolute Gasteiger partial charge is 0.411 e. The summed E-state index contributed by atoms with van der Waals surface area (Å²) in [5.74, 6) is 0.689. The summed E-state index contributed by atoms with van der Waals surface area (Å²) in [4.78, 5) is 24.1. The molecule has 1 amide bonds. The van der Waals surface area contributed by atoms with Gasteiger partial charge in [-0.3, -0.25) is 9.55 Å². The van der Waals surface area contributed by atoms with Crippen molar-refractivity contribution in [3.63, 3.8) is 0 Å². The van der Waals surface area contributed by atoms with E-state index in [1.807, 2.05) is 35.8 Å². The number of benzene rings is 1. The van der Waals surface area contributed by atoms with Crippen molar-refractivity contribution in [2.24, 2.45) is 5.41 Å². The molecule has 2 aromatic heterocycles. The number of piperidine rings is 1. The van der Waals surface area contributed by atoms with Gasteiger partial charge in [0.05, 0.1) is 23.3 Å². The van der Waals surface area contributed by atoms with E-state index < -0.39 is 6.10 Å². The number of pyridine rings is 1. The van der Waals surface area contributed by atoms with E-state index in [2.05, 4.69) is 25.8 Å². The number of fused-ring (bicyclic) bond motifs is 3. The van der Waals surface area contributed by atoms with Crippen LogP contribution in [-0.2, 0) is 22.8 Å². The molecule has 1 fully saturated rings. The second-order valence-electron chi connectivity index (χ2n) is 9.40. The average Bonchev–Trinajstić information content (AvgIpc) is 3.13. The maximum Gasteiger partial charge on any atom is 0.411 e. The van der Waals surface area contributed by atoms with Crippen LogP contribution >= 0.6 is 0 Å². The zero-order valence-electron chi connectivity index (χ0n) is 19.2. The summed E-state index contributed by atoms with van der Waals surface area (Å²) in [5.41, 5.74) is 2.31. The van der Waals surface area contributed by atoms with E-state index >= 15 is 0 Å². The van der Waals surface area contributed by atoms with Gasteiger partial charge in [-0.15, -0.1) is 0 Å². The zero-order valence-corrected chi connectivity index (χ0v) is 19.2. The van der Waals surface area contributed by atoms with Gasteiger partial charge >= 0.3 is 6.09 Å². The minimum atomic E-state index is -0.391. The molecular weight excluding hydrogens is 408 g/mol. The van der Waals surface area contributed by atoms with E-state index in [-0.39, 0.29) is 24.3 Å². The lowest BCUT2D eigenvalue weighted by molar-refractivity contribution is -0.0132. The highest BCUT2D eigenvalue weighted by molar-refractivity contribution is 6.02. The first kappa shape index (κ1) is 22.5. The number of para-hydroxylation sites is 1. The van der Waals surface area contributed by atoms with Crippen molar-refractivity contribution in [2.75, 3.05) is 13.2 Å². The van der Waals surface area contributed by atoms with E-state index in [0.29, 0.717) is 38.4 Å². The SMILES string of the molecule is CCOCc1nc2cnc3ccccc3c2n1COC(=O)N1CCC(O)CC1C(C)(C)C. The summed E-state index contributed by atoms with van der Waals surface area (Å²) < 4.78 is 13.3. The van der Waals surface area contributed by atoms with Crippen molar-refractivity contribution in [2.45, 2.75) is 66.0 Å². The summed E-state index contributed by atoms with van der Waals surface area (Å²) >= 11 is 0. The van der Waals surface area contributed by atoms with Crippen LogP contribution in [0.1, 0.15) is 46.4 Å². The monoisotopic (exact) mass is 440 g/mol. The van der Waals surface area contributed by atoms with Gasteiger partial charge in [-0.25, -0.2) is 9.78 Å². The van der Waals surface area contributed by atoms with Crippen LogP contribution < -0.4 is 0 Å². The van der Waals surface area contributed by atoms with Gasteiger partial charge < -0.3 is 19.5 Å². The van der Waals surface area contributed by atoms with Gasteiger partial charge in [-0.2, -0.15) is 0 Å². The quantitative estimate of drug-likeness (QED) is 0.643. The minimum absolute atomic E-state index is 0.0294. The maximum atomic E-state index is 13.1. The lowest BCUT2D eigenvalue weighted by atomic mass is 9.80. The first-order valence-corrected chi connectivity index (χ1v) is 11.2. The largest absolute Gasteiger partial charge is 0.428 e. The fourth-order valence-corrected chi connectivity index (χ4v) is 4.44. The highest BCUT2D eigenvalue weighted by atomic mass is 16.6.